The molecule has 5 nitrogen and oxygen atoms in total. The molecule has 0 unspecified atom stereocenters. The molecular weight excluding hydrogens is 326 g/mol. The second-order valence-electron chi connectivity index (χ2n) is 5.66. The van der Waals surface area contributed by atoms with Crippen LogP contribution >= 0.6 is 11.6 Å². The van der Waals surface area contributed by atoms with Gasteiger partial charge in [0.25, 0.3) is 0 Å². The number of anilines is 1. The number of halogens is 1. The number of rotatable bonds is 6. The Morgan fingerprint density at radius 3 is 2.54 bits per heavy atom. The fourth-order valence-electron chi connectivity index (χ4n) is 2.20. The molecule has 0 aliphatic carbocycles. The minimum absolute atomic E-state index is 0.0386. The van der Waals surface area contributed by atoms with Crippen LogP contribution in [0.4, 0.5) is 5.69 Å². The van der Waals surface area contributed by atoms with E-state index in [0.29, 0.717) is 21.8 Å². The lowest BCUT2D eigenvalue weighted by Crippen LogP contribution is -2.40. The smallest absolute Gasteiger partial charge is 0.241 e. The fourth-order valence-corrected chi connectivity index (χ4v) is 2.37. The Kier molecular flexibility index (Phi) is 6.06. The first-order chi connectivity index (χ1) is 11.4. The van der Waals surface area contributed by atoms with E-state index in [1.807, 2.05) is 13.8 Å². The van der Waals surface area contributed by atoms with Crippen molar-refractivity contribution >= 4 is 29.0 Å². The Balaban J connectivity index is 2.32. The fraction of sp³-hybridized carbons (Fsp3) is 0.278. The van der Waals surface area contributed by atoms with Gasteiger partial charge in [-0.2, -0.15) is 0 Å². The topological polar surface area (TPSA) is 85.1 Å². The van der Waals surface area contributed by atoms with E-state index in [1.54, 1.807) is 24.3 Å². The Morgan fingerprint density at radius 2 is 1.92 bits per heavy atom. The van der Waals surface area contributed by atoms with E-state index in [2.05, 4.69) is 10.3 Å². The third-order valence-electron chi connectivity index (χ3n) is 3.99. The predicted molar refractivity (Wildman–Crippen MR) is 95.2 cm³/mol. The van der Waals surface area contributed by atoms with Crippen LogP contribution in [-0.4, -0.2) is 22.7 Å². The zero-order valence-electron chi connectivity index (χ0n) is 13.6. The van der Waals surface area contributed by atoms with Gasteiger partial charge in [-0.05, 0) is 36.2 Å². The Hall–Kier alpha value is -2.24. The van der Waals surface area contributed by atoms with Crippen molar-refractivity contribution in [1.29, 1.82) is 0 Å². The molecule has 2 rings (SSSR count). The van der Waals surface area contributed by atoms with Crippen molar-refractivity contribution in [2.75, 3.05) is 5.32 Å². The number of nitrogens with zero attached hydrogens (tertiary/aromatic N) is 1. The third-order valence-corrected chi connectivity index (χ3v) is 4.22. The summed E-state index contributed by atoms with van der Waals surface area (Å²) >= 11 is 6.02. The number of carbonyl (C=O) groups excluding carboxylic acids is 2. The number of aromatic nitrogens is 1. The molecule has 0 saturated heterocycles. The highest BCUT2D eigenvalue weighted by Gasteiger charge is 2.22. The van der Waals surface area contributed by atoms with Gasteiger partial charge in [0.1, 0.15) is 0 Å². The van der Waals surface area contributed by atoms with E-state index >= 15 is 0 Å². The summed E-state index contributed by atoms with van der Waals surface area (Å²) < 4.78 is 0. The molecule has 1 aromatic carbocycles. The zero-order valence-corrected chi connectivity index (χ0v) is 14.4. The summed E-state index contributed by atoms with van der Waals surface area (Å²) in [6.07, 6.45) is 3.86. The van der Waals surface area contributed by atoms with E-state index in [9.17, 15) is 9.59 Å². The highest BCUT2D eigenvalue weighted by atomic mass is 35.5. The molecule has 1 amide bonds. The van der Waals surface area contributed by atoms with Gasteiger partial charge in [0.15, 0.2) is 5.78 Å². The van der Waals surface area contributed by atoms with Crippen LogP contribution in [0.15, 0.2) is 42.7 Å². The van der Waals surface area contributed by atoms with Crippen LogP contribution in [0, 0.1) is 5.92 Å². The molecule has 2 aromatic rings. The van der Waals surface area contributed by atoms with Crippen molar-refractivity contribution in [1.82, 2.24) is 4.98 Å². The predicted octanol–water partition coefficient (Wildman–Crippen LogP) is 3.28. The number of nitrogens with two attached hydrogens (primary N) is 1. The van der Waals surface area contributed by atoms with Gasteiger partial charge in [0.05, 0.1) is 11.7 Å². The van der Waals surface area contributed by atoms with Crippen molar-refractivity contribution in [3.63, 3.8) is 0 Å². The van der Waals surface area contributed by atoms with Crippen molar-refractivity contribution in [3.05, 3.63) is 58.9 Å². The molecule has 0 saturated carbocycles. The van der Waals surface area contributed by atoms with E-state index in [-0.39, 0.29) is 17.6 Å². The number of hydrogen-bond donors (Lipinski definition) is 2. The number of ketones is 1. The van der Waals surface area contributed by atoms with Crippen molar-refractivity contribution in [2.24, 2.45) is 11.7 Å². The lowest BCUT2D eigenvalue weighted by Gasteiger charge is -2.19. The number of pyridine rings is 1. The first-order valence-electron chi connectivity index (χ1n) is 7.74. The number of amides is 1. The molecule has 0 aliphatic heterocycles. The molecule has 126 valence electrons. The minimum atomic E-state index is -0.644. The summed E-state index contributed by atoms with van der Waals surface area (Å²) in [6.45, 7) is 3.88. The molecule has 0 aliphatic rings. The lowest BCUT2D eigenvalue weighted by molar-refractivity contribution is -0.118. The Bertz CT molecular complexity index is 734. The van der Waals surface area contributed by atoms with Crippen LogP contribution in [-0.2, 0) is 4.79 Å². The van der Waals surface area contributed by atoms with E-state index in [1.165, 1.54) is 18.5 Å². The molecule has 1 heterocycles. The molecule has 24 heavy (non-hydrogen) atoms. The second kappa shape index (κ2) is 8.04. The molecule has 0 radical (unpaired) electrons. The largest absolute Gasteiger partial charge is 0.324 e. The monoisotopic (exact) mass is 345 g/mol. The molecule has 0 fully saturated rings. The van der Waals surface area contributed by atoms with Crippen LogP contribution < -0.4 is 11.1 Å². The maximum atomic E-state index is 12.7. The van der Waals surface area contributed by atoms with Gasteiger partial charge in [0.2, 0.25) is 5.91 Å². The average Bonchev–Trinajstić information content (AvgIpc) is 2.61. The SMILES string of the molecule is CC[C@H](C)[C@H](N)C(=O)Nc1ccc(Cl)cc1C(=O)c1ccncc1. The lowest BCUT2D eigenvalue weighted by atomic mass is 9.98. The summed E-state index contributed by atoms with van der Waals surface area (Å²) in [7, 11) is 0. The number of carbonyl (C=O) groups is 2. The van der Waals surface area contributed by atoms with Crippen molar-refractivity contribution < 1.29 is 9.59 Å². The number of hydrogen-bond acceptors (Lipinski definition) is 4. The summed E-state index contributed by atoms with van der Waals surface area (Å²) in [6, 6.07) is 7.34. The van der Waals surface area contributed by atoms with Crippen LogP contribution in [0.25, 0.3) is 0 Å². The van der Waals surface area contributed by atoms with Gasteiger partial charge >= 0.3 is 0 Å². The quantitative estimate of drug-likeness (QED) is 0.787. The summed E-state index contributed by atoms with van der Waals surface area (Å²) in [5.41, 5.74) is 7.13. The second-order valence-corrected chi connectivity index (χ2v) is 6.09. The maximum Gasteiger partial charge on any atom is 0.241 e. The number of benzene rings is 1. The van der Waals surface area contributed by atoms with E-state index in [4.69, 9.17) is 17.3 Å². The highest BCUT2D eigenvalue weighted by Crippen LogP contribution is 2.24. The summed E-state index contributed by atoms with van der Waals surface area (Å²) in [4.78, 5) is 28.9. The van der Waals surface area contributed by atoms with Crippen LogP contribution in [0.5, 0.6) is 0 Å². The van der Waals surface area contributed by atoms with Gasteiger partial charge in [-0.25, -0.2) is 0 Å². The molecule has 6 heteroatoms. The average molecular weight is 346 g/mol. The molecule has 1 aromatic heterocycles. The first kappa shape index (κ1) is 18.1. The van der Waals surface area contributed by atoms with Crippen LogP contribution in [0.2, 0.25) is 5.02 Å². The summed E-state index contributed by atoms with van der Waals surface area (Å²) in [5, 5.41) is 3.16. The van der Waals surface area contributed by atoms with E-state index < -0.39 is 6.04 Å². The van der Waals surface area contributed by atoms with Gasteiger partial charge in [-0.3, -0.25) is 14.6 Å². The number of nitrogens with one attached hydrogen (secondary N) is 1. The van der Waals surface area contributed by atoms with Crippen molar-refractivity contribution in [3.8, 4) is 0 Å². The Morgan fingerprint density at radius 1 is 1.25 bits per heavy atom. The molecule has 0 bridgehead atoms. The minimum Gasteiger partial charge on any atom is -0.324 e. The molecule has 2 atom stereocenters. The van der Waals surface area contributed by atoms with Gasteiger partial charge in [-0.15, -0.1) is 0 Å². The van der Waals surface area contributed by atoms with Gasteiger partial charge in [0, 0.05) is 28.5 Å². The van der Waals surface area contributed by atoms with Crippen molar-refractivity contribution in [2.45, 2.75) is 26.3 Å². The highest BCUT2D eigenvalue weighted by molar-refractivity contribution is 6.31. The van der Waals surface area contributed by atoms with Gasteiger partial charge in [-0.1, -0.05) is 31.9 Å². The molecular formula is C18H20ClN3O2. The summed E-state index contributed by atoms with van der Waals surface area (Å²) in [5.74, 6) is -0.528. The van der Waals surface area contributed by atoms with E-state index in [0.717, 1.165) is 6.42 Å². The molecule has 0 spiro atoms. The maximum absolute atomic E-state index is 12.7. The first-order valence-corrected chi connectivity index (χ1v) is 8.12. The molecule has 3 N–H and O–H groups in total. The third kappa shape index (κ3) is 4.19. The Labute approximate surface area is 146 Å². The zero-order chi connectivity index (χ0) is 17.7. The van der Waals surface area contributed by atoms with Crippen LogP contribution in [0.1, 0.15) is 36.2 Å². The van der Waals surface area contributed by atoms with Crippen LogP contribution in [0.3, 0.4) is 0 Å². The van der Waals surface area contributed by atoms with Gasteiger partial charge < -0.3 is 11.1 Å². The normalized spacial score (nSPS) is 13.2. The standard InChI is InChI=1S/C18H20ClN3O2/c1-3-11(2)16(20)18(24)22-15-5-4-13(19)10-14(15)17(23)12-6-8-21-9-7-12/h4-11,16H,3,20H2,1-2H3,(H,22,24)/t11-,16-/m0/s1.